The van der Waals surface area contributed by atoms with Gasteiger partial charge in [-0.25, -0.2) is 0 Å². The van der Waals surface area contributed by atoms with Crippen LogP contribution in [0.25, 0.3) is 0 Å². The van der Waals surface area contributed by atoms with Gasteiger partial charge in [0.25, 0.3) is 0 Å². The van der Waals surface area contributed by atoms with Crippen molar-refractivity contribution in [3.63, 3.8) is 0 Å². The predicted molar refractivity (Wildman–Crippen MR) is 74.1 cm³/mol. The van der Waals surface area contributed by atoms with Gasteiger partial charge in [-0.1, -0.05) is 30.3 Å². The molecule has 0 atom stereocenters. The van der Waals surface area contributed by atoms with Gasteiger partial charge in [-0.3, -0.25) is 4.79 Å². The van der Waals surface area contributed by atoms with Crippen LogP contribution in [0.5, 0.6) is 0 Å². The van der Waals surface area contributed by atoms with Crippen molar-refractivity contribution >= 4 is 17.3 Å². The van der Waals surface area contributed by atoms with Crippen LogP contribution in [0.1, 0.15) is 49.9 Å². The lowest BCUT2D eigenvalue weighted by Gasteiger charge is -2.14. The van der Waals surface area contributed by atoms with Gasteiger partial charge in [0.05, 0.1) is 0 Å². The summed E-state index contributed by atoms with van der Waals surface area (Å²) in [4.78, 5) is 34.5. The summed E-state index contributed by atoms with van der Waals surface area (Å²) in [5.74, 6) is -0.0549. The maximum absolute atomic E-state index is 12.3. The zero-order valence-electron chi connectivity index (χ0n) is 11.5. The Balaban J connectivity index is 2.73. The van der Waals surface area contributed by atoms with Gasteiger partial charge in [0.1, 0.15) is 11.6 Å². The fourth-order valence-corrected chi connectivity index (χ4v) is 2.00. The van der Waals surface area contributed by atoms with Crippen molar-refractivity contribution in [2.45, 2.75) is 39.5 Å². The number of rotatable bonds is 8. The number of hydrogen-bond donors (Lipinski definition) is 0. The van der Waals surface area contributed by atoms with Crippen LogP contribution in [0.3, 0.4) is 0 Å². The molecule has 1 rings (SSSR count). The molecule has 0 N–H and O–H groups in total. The summed E-state index contributed by atoms with van der Waals surface area (Å²) in [7, 11) is 0. The van der Waals surface area contributed by atoms with E-state index in [1.165, 1.54) is 13.8 Å². The molecule has 102 valence electrons. The summed E-state index contributed by atoms with van der Waals surface area (Å²) in [6.07, 6.45) is 1.83. The molecule has 1 aromatic carbocycles. The highest BCUT2D eigenvalue weighted by molar-refractivity contribution is 5.98. The predicted octanol–water partition coefficient (Wildman–Crippen LogP) is 3.22. The number of hydrogen-bond acceptors (Lipinski definition) is 3. The number of carbonyl (C=O) groups excluding carboxylic acids is 3. The fraction of sp³-hybridized carbons (Fsp3) is 0.438. The van der Waals surface area contributed by atoms with Gasteiger partial charge in [-0.15, -0.1) is 0 Å². The topological polar surface area (TPSA) is 51.2 Å². The first-order chi connectivity index (χ1) is 9.00. The second-order valence-corrected chi connectivity index (χ2v) is 4.91. The molecule has 0 heterocycles. The zero-order valence-corrected chi connectivity index (χ0v) is 11.5. The Morgan fingerprint density at radius 3 is 1.79 bits per heavy atom. The Kier molecular flexibility index (Phi) is 6.13. The Morgan fingerprint density at radius 2 is 1.37 bits per heavy atom. The molecule has 3 nitrogen and oxygen atoms in total. The monoisotopic (exact) mass is 260 g/mol. The molecule has 0 aliphatic heterocycles. The highest BCUT2D eigenvalue weighted by Crippen LogP contribution is 2.20. The minimum atomic E-state index is -0.241. The Hall–Kier alpha value is -1.77. The van der Waals surface area contributed by atoms with E-state index in [2.05, 4.69) is 0 Å². The van der Waals surface area contributed by atoms with E-state index in [0.717, 1.165) is 0 Å². The average molecular weight is 260 g/mol. The van der Waals surface area contributed by atoms with Gasteiger partial charge in [0.15, 0.2) is 5.78 Å². The number of benzene rings is 1. The Bertz CT molecular complexity index is 430. The SMILES string of the molecule is CC(=O)CCC(CCC(C)=O)C(=O)c1ccccc1. The third kappa shape index (κ3) is 5.60. The molecule has 0 aliphatic rings. The Morgan fingerprint density at radius 1 is 0.895 bits per heavy atom. The first-order valence-corrected chi connectivity index (χ1v) is 6.59. The Labute approximate surface area is 114 Å². The average Bonchev–Trinajstić information content (AvgIpc) is 2.38. The molecule has 1 aromatic rings. The molecular weight excluding hydrogens is 240 g/mol. The molecule has 0 bridgehead atoms. The van der Waals surface area contributed by atoms with Gasteiger partial charge in [0, 0.05) is 24.3 Å². The maximum atomic E-state index is 12.3. The molecule has 0 amide bonds. The quantitative estimate of drug-likeness (QED) is 0.674. The van der Waals surface area contributed by atoms with Crippen molar-refractivity contribution in [1.82, 2.24) is 0 Å². The smallest absolute Gasteiger partial charge is 0.165 e. The lowest BCUT2D eigenvalue weighted by atomic mass is 9.88. The van der Waals surface area contributed by atoms with E-state index in [9.17, 15) is 14.4 Å². The van der Waals surface area contributed by atoms with Gasteiger partial charge in [-0.2, -0.15) is 0 Å². The zero-order chi connectivity index (χ0) is 14.3. The van der Waals surface area contributed by atoms with E-state index in [4.69, 9.17) is 0 Å². The molecule has 0 aliphatic carbocycles. The van der Waals surface area contributed by atoms with Crippen LogP contribution >= 0.6 is 0 Å². The van der Waals surface area contributed by atoms with E-state index < -0.39 is 0 Å². The summed E-state index contributed by atoms with van der Waals surface area (Å²) in [5.41, 5.74) is 0.652. The number of carbonyl (C=O) groups is 3. The third-order valence-electron chi connectivity index (χ3n) is 3.12. The van der Waals surface area contributed by atoms with Crippen LogP contribution in [0, 0.1) is 5.92 Å². The minimum absolute atomic E-state index is 0.0306. The molecule has 0 unspecified atom stereocenters. The summed E-state index contributed by atoms with van der Waals surface area (Å²) < 4.78 is 0. The fourth-order valence-electron chi connectivity index (χ4n) is 2.00. The first-order valence-electron chi connectivity index (χ1n) is 6.59. The maximum Gasteiger partial charge on any atom is 0.165 e. The lowest BCUT2D eigenvalue weighted by molar-refractivity contribution is -0.117. The summed E-state index contributed by atoms with van der Waals surface area (Å²) >= 11 is 0. The normalized spacial score (nSPS) is 10.5. The van der Waals surface area contributed by atoms with Crippen LogP contribution in [-0.2, 0) is 9.59 Å². The van der Waals surface area contributed by atoms with Gasteiger partial charge in [0.2, 0.25) is 0 Å². The number of Topliss-reactive ketones (excluding diaryl/α,β-unsaturated/α-hetero) is 3. The van der Waals surface area contributed by atoms with Crippen LogP contribution in [0.2, 0.25) is 0 Å². The van der Waals surface area contributed by atoms with Gasteiger partial charge < -0.3 is 9.59 Å². The van der Waals surface area contributed by atoms with Gasteiger partial charge in [-0.05, 0) is 26.7 Å². The minimum Gasteiger partial charge on any atom is -0.300 e. The van der Waals surface area contributed by atoms with Crippen LogP contribution in [-0.4, -0.2) is 17.3 Å². The van der Waals surface area contributed by atoms with Crippen molar-refractivity contribution < 1.29 is 14.4 Å². The molecule has 0 saturated heterocycles. The highest BCUT2D eigenvalue weighted by Gasteiger charge is 2.20. The molecule has 0 spiro atoms. The highest BCUT2D eigenvalue weighted by atomic mass is 16.1. The molecule has 0 saturated carbocycles. The summed E-state index contributed by atoms with van der Waals surface area (Å²) in [5, 5.41) is 0. The van der Waals surface area contributed by atoms with E-state index in [0.29, 0.717) is 31.2 Å². The second-order valence-electron chi connectivity index (χ2n) is 4.91. The van der Waals surface area contributed by atoms with Crippen molar-refractivity contribution in [2.75, 3.05) is 0 Å². The van der Waals surface area contributed by atoms with Crippen LogP contribution < -0.4 is 0 Å². The summed E-state index contributed by atoms with van der Waals surface area (Å²) in [6, 6.07) is 9.05. The molecule has 0 aromatic heterocycles. The van der Waals surface area contributed by atoms with Crippen molar-refractivity contribution in [2.24, 2.45) is 5.92 Å². The molecule has 0 fully saturated rings. The van der Waals surface area contributed by atoms with Crippen LogP contribution in [0.15, 0.2) is 30.3 Å². The standard InChI is InChI=1S/C16H20O3/c1-12(17)8-10-15(11-9-13(2)18)16(19)14-6-4-3-5-7-14/h3-7,15H,8-11H2,1-2H3. The molecule has 19 heavy (non-hydrogen) atoms. The molecular formula is C16H20O3. The van der Waals surface area contributed by atoms with Crippen molar-refractivity contribution in [1.29, 1.82) is 0 Å². The molecule has 0 radical (unpaired) electrons. The lowest BCUT2D eigenvalue weighted by Crippen LogP contribution is -2.17. The molecule has 3 heteroatoms. The number of ketones is 3. The largest absolute Gasteiger partial charge is 0.300 e. The van der Waals surface area contributed by atoms with E-state index in [1.807, 2.05) is 18.2 Å². The summed E-state index contributed by atoms with van der Waals surface area (Å²) in [6.45, 7) is 3.05. The third-order valence-corrected chi connectivity index (χ3v) is 3.12. The first kappa shape index (κ1) is 15.3. The van der Waals surface area contributed by atoms with Crippen molar-refractivity contribution in [3.05, 3.63) is 35.9 Å². The van der Waals surface area contributed by atoms with E-state index in [-0.39, 0.29) is 23.3 Å². The van der Waals surface area contributed by atoms with Gasteiger partial charge >= 0.3 is 0 Å². The van der Waals surface area contributed by atoms with Crippen molar-refractivity contribution in [3.8, 4) is 0 Å². The second kappa shape index (κ2) is 7.62. The van der Waals surface area contributed by atoms with Crippen LogP contribution in [0.4, 0.5) is 0 Å². The van der Waals surface area contributed by atoms with E-state index in [1.54, 1.807) is 12.1 Å². The van der Waals surface area contributed by atoms with E-state index >= 15 is 0 Å².